The van der Waals surface area contributed by atoms with Gasteiger partial charge in [-0.25, -0.2) is 0 Å². The Labute approximate surface area is 110 Å². The molecule has 0 radical (unpaired) electrons. The Morgan fingerprint density at radius 1 is 1.22 bits per heavy atom. The monoisotopic (exact) mass is 265 g/mol. The summed E-state index contributed by atoms with van der Waals surface area (Å²) in [4.78, 5) is 0. The molecule has 1 aromatic heterocycles. The maximum atomic E-state index is 5.50. The van der Waals surface area contributed by atoms with E-state index in [4.69, 9.17) is 15.2 Å². The fraction of sp³-hybridized carbons (Fsp3) is 0.333. The maximum Gasteiger partial charge on any atom is 0.151 e. The number of ether oxygens (including phenoxy) is 2. The zero-order valence-electron chi connectivity index (χ0n) is 10.3. The molecule has 0 saturated heterocycles. The lowest BCUT2D eigenvalue weighted by Crippen LogP contribution is -2.01. The maximum absolute atomic E-state index is 5.50. The van der Waals surface area contributed by atoms with Crippen LogP contribution in [0.1, 0.15) is 5.01 Å². The van der Waals surface area contributed by atoms with E-state index in [0.717, 1.165) is 33.5 Å². The van der Waals surface area contributed by atoms with Crippen LogP contribution in [0.3, 0.4) is 0 Å². The van der Waals surface area contributed by atoms with Crippen molar-refractivity contribution >= 4 is 11.3 Å². The van der Waals surface area contributed by atoms with Crippen molar-refractivity contribution in [3.8, 4) is 22.1 Å². The number of nitrogens with two attached hydrogens (primary N) is 1. The third-order valence-electron chi connectivity index (χ3n) is 2.46. The number of methoxy groups -OCH3 is 2. The van der Waals surface area contributed by atoms with Crippen LogP contribution in [0, 0.1) is 0 Å². The summed E-state index contributed by atoms with van der Waals surface area (Å²) in [6, 6.07) is 5.63. The van der Waals surface area contributed by atoms with Crippen molar-refractivity contribution in [3.63, 3.8) is 0 Å². The fourth-order valence-corrected chi connectivity index (χ4v) is 2.45. The molecule has 2 N–H and O–H groups in total. The van der Waals surface area contributed by atoms with Crippen LogP contribution in [0.5, 0.6) is 11.5 Å². The molecule has 2 rings (SSSR count). The van der Waals surface area contributed by atoms with E-state index < -0.39 is 0 Å². The van der Waals surface area contributed by atoms with Gasteiger partial charge in [0.05, 0.1) is 19.8 Å². The van der Waals surface area contributed by atoms with E-state index in [2.05, 4.69) is 10.2 Å². The Kier molecular flexibility index (Phi) is 4.11. The first-order valence-electron chi connectivity index (χ1n) is 5.53. The molecule has 1 aromatic carbocycles. The minimum Gasteiger partial charge on any atom is -0.497 e. The second-order valence-electron chi connectivity index (χ2n) is 3.61. The van der Waals surface area contributed by atoms with Gasteiger partial charge in [-0.2, -0.15) is 0 Å². The molecule has 0 aliphatic rings. The molecule has 0 spiro atoms. The number of aromatic nitrogens is 2. The fourth-order valence-electron chi connectivity index (χ4n) is 1.56. The molecule has 2 aromatic rings. The highest BCUT2D eigenvalue weighted by molar-refractivity contribution is 7.14. The molecule has 5 nitrogen and oxygen atoms in total. The minimum atomic E-state index is 0.578. The molecule has 0 fully saturated rings. The second kappa shape index (κ2) is 5.79. The largest absolute Gasteiger partial charge is 0.497 e. The number of nitrogens with zero attached hydrogens (tertiary/aromatic N) is 2. The quantitative estimate of drug-likeness (QED) is 0.891. The lowest BCUT2D eigenvalue weighted by molar-refractivity contribution is 0.395. The van der Waals surface area contributed by atoms with Crippen LogP contribution in [0.25, 0.3) is 10.6 Å². The third-order valence-corrected chi connectivity index (χ3v) is 3.48. The van der Waals surface area contributed by atoms with Gasteiger partial charge in [0.2, 0.25) is 0 Å². The molecule has 0 atom stereocenters. The van der Waals surface area contributed by atoms with Gasteiger partial charge in [0.15, 0.2) is 5.01 Å². The Hall–Kier alpha value is -1.66. The normalized spacial score (nSPS) is 10.4. The summed E-state index contributed by atoms with van der Waals surface area (Å²) in [7, 11) is 3.25. The number of benzene rings is 1. The van der Waals surface area contributed by atoms with Gasteiger partial charge in [0, 0.05) is 12.5 Å². The molecule has 0 aliphatic heterocycles. The van der Waals surface area contributed by atoms with Crippen LogP contribution in [-0.4, -0.2) is 31.0 Å². The van der Waals surface area contributed by atoms with Gasteiger partial charge in [-0.1, -0.05) is 11.3 Å². The Balaban J connectivity index is 2.36. The topological polar surface area (TPSA) is 70.3 Å². The van der Waals surface area contributed by atoms with Crippen LogP contribution >= 0.6 is 11.3 Å². The molecule has 0 aliphatic carbocycles. The molecular formula is C12H15N3O2S. The summed E-state index contributed by atoms with van der Waals surface area (Å²) in [6.07, 6.45) is 0.746. The first-order valence-corrected chi connectivity index (χ1v) is 6.35. The average molecular weight is 265 g/mol. The van der Waals surface area contributed by atoms with Crippen LogP contribution in [0.2, 0.25) is 0 Å². The van der Waals surface area contributed by atoms with E-state index in [1.54, 1.807) is 14.2 Å². The summed E-state index contributed by atoms with van der Waals surface area (Å²) in [6.45, 7) is 0.578. The summed E-state index contributed by atoms with van der Waals surface area (Å²) in [5.41, 5.74) is 6.42. The predicted octanol–water partition coefficient (Wildman–Crippen LogP) is 1.72. The molecule has 18 heavy (non-hydrogen) atoms. The smallest absolute Gasteiger partial charge is 0.151 e. The summed E-state index contributed by atoms with van der Waals surface area (Å²) in [5.74, 6) is 1.48. The van der Waals surface area contributed by atoms with Crippen molar-refractivity contribution in [3.05, 3.63) is 23.2 Å². The first kappa shape index (κ1) is 12.8. The Bertz CT molecular complexity index is 528. The van der Waals surface area contributed by atoms with Crippen molar-refractivity contribution in [2.45, 2.75) is 6.42 Å². The summed E-state index contributed by atoms with van der Waals surface area (Å²) < 4.78 is 10.5. The van der Waals surface area contributed by atoms with Gasteiger partial charge in [-0.3, -0.25) is 0 Å². The van der Waals surface area contributed by atoms with E-state index in [1.807, 2.05) is 18.2 Å². The minimum absolute atomic E-state index is 0.578. The van der Waals surface area contributed by atoms with Crippen molar-refractivity contribution in [2.75, 3.05) is 20.8 Å². The highest BCUT2D eigenvalue weighted by Gasteiger charge is 2.12. The van der Waals surface area contributed by atoms with Crippen LogP contribution in [0.4, 0.5) is 0 Å². The standard InChI is InChI=1S/C12H15N3O2S/c1-16-8-3-4-9(10(7-8)17-2)12-15-14-11(18-12)5-6-13/h3-4,7H,5-6,13H2,1-2H3. The molecular weight excluding hydrogens is 250 g/mol. The van der Waals surface area contributed by atoms with Gasteiger partial charge in [-0.15, -0.1) is 10.2 Å². The van der Waals surface area contributed by atoms with E-state index in [1.165, 1.54) is 11.3 Å². The summed E-state index contributed by atoms with van der Waals surface area (Å²) >= 11 is 1.53. The van der Waals surface area contributed by atoms with Crippen LogP contribution in [0.15, 0.2) is 18.2 Å². The lowest BCUT2D eigenvalue weighted by Gasteiger charge is -2.07. The van der Waals surface area contributed by atoms with Gasteiger partial charge in [0.25, 0.3) is 0 Å². The molecule has 6 heteroatoms. The van der Waals surface area contributed by atoms with Gasteiger partial charge in [-0.05, 0) is 18.7 Å². The number of rotatable bonds is 5. The molecule has 0 saturated carbocycles. The van der Waals surface area contributed by atoms with E-state index in [-0.39, 0.29) is 0 Å². The van der Waals surface area contributed by atoms with Crippen LogP contribution in [-0.2, 0) is 6.42 Å². The molecule has 1 heterocycles. The SMILES string of the molecule is COc1ccc(-c2nnc(CCN)s2)c(OC)c1. The molecule has 0 bridgehead atoms. The van der Waals surface area contributed by atoms with Gasteiger partial charge >= 0.3 is 0 Å². The highest BCUT2D eigenvalue weighted by Crippen LogP contribution is 2.34. The average Bonchev–Trinajstić information content (AvgIpc) is 2.87. The molecule has 0 amide bonds. The van der Waals surface area contributed by atoms with E-state index >= 15 is 0 Å². The van der Waals surface area contributed by atoms with Crippen molar-refractivity contribution < 1.29 is 9.47 Å². The molecule has 0 unspecified atom stereocenters. The van der Waals surface area contributed by atoms with Crippen molar-refractivity contribution in [1.82, 2.24) is 10.2 Å². The highest BCUT2D eigenvalue weighted by atomic mass is 32.1. The van der Waals surface area contributed by atoms with Crippen LogP contribution < -0.4 is 15.2 Å². The second-order valence-corrected chi connectivity index (χ2v) is 4.67. The van der Waals surface area contributed by atoms with Crippen molar-refractivity contribution in [1.29, 1.82) is 0 Å². The predicted molar refractivity (Wildman–Crippen MR) is 71.2 cm³/mol. The van der Waals surface area contributed by atoms with Crippen molar-refractivity contribution in [2.24, 2.45) is 5.73 Å². The van der Waals surface area contributed by atoms with E-state index in [0.29, 0.717) is 6.54 Å². The zero-order chi connectivity index (χ0) is 13.0. The first-order chi connectivity index (χ1) is 8.78. The molecule has 96 valence electrons. The summed E-state index contributed by atoms with van der Waals surface area (Å²) in [5, 5.41) is 10.0. The number of hydrogen-bond acceptors (Lipinski definition) is 6. The third kappa shape index (κ3) is 2.60. The zero-order valence-corrected chi connectivity index (χ0v) is 11.2. The van der Waals surface area contributed by atoms with Gasteiger partial charge in [0.1, 0.15) is 16.5 Å². The Morgan fingerprint density at radius 3 is 2.72 bits per heavy atom. The lowest BCUT2D eigenvalue weighted by atomic mass is 10.2. The van der Waals surface area contributed by atoms with Gasteiger partial charge < -0.3 is 15.2 Å². The number of hydrogen-bond donors (Lipinski definition) is 1. The van der Waals surface area contributed by atoms with E-state index in [9.17, 15) is 0 Å². The Morgan fingerprint density at radius 2 is 2.06 bits per heavy atom.